The van der Waals surface area contributed by atoms with E-state index in [0.717, 1.165) is 22.4 Å². The van der Waals surface area contributed by atoms with Gasteiger partial charge in [0.05, 0.1) is 11.5 Å². The minimum atomic E-state index is -1.04. The Morgan fingerprint density at radius 2 is 1.89 bits per heavy atom. The van der Waals surface area contributed by atoms with Crippen molar-refractivity contribution in [1.82, 2.24) is 9.55 Å². The number of imidazole rings is 1. The average Bonchev–Trinajstić information content (AvgIpc) is 3.44. The molecule has 0 aliphatic heterocycles. The Kier molecular flexibility index (Phi) is 4.64. The molecule has 0 unspecified atom stereocenters. The fraction of sp³-hybridized carbons (Fsp3) is 0.524. The van der Waals surface area contributed by atoms with E-state index in [1.807, 2.05) is 6.92 Å². The highest BCUT2D eigenvalue weighted by molar-refractivity contribution is 9.10. The van der Waals surface area contributed by atoms with Crippen LogP contribution in [-0.4, -0.2) is 14.7 Å². The molecule has 1 heterocycles. The molecule has 27 heavy (non-hydrogen) atoms. The zero-order valence-corrected chi connectivity index (χ0v) is 17.0. The van der Waals surface area contributed by atoms with Gasteiger partial charge in [-0.25, -0.2) is 9.37 Å². The van der Waals surface area contributed by atoms with Crippen molar-refractivity contribution in [2.24, 2.45) is 5.92 Å². The van der Waals surface area contributed by atoms with Crippen molar-refractivity contribution in [3.8, 4) is 6.07 Å². The van der Waals surface area contributed by atoms with Crippen molar-refractivity contribution in [3.05, 3.63) is 51.8 Å². The van der Waals surface area contributed by atoms with Crippen LogP contribution in [0.1, 0.15) is 55.6 Å². The monoisotopic (exact) mass is 431 g/mol. The van der Waals surface area contributed by atoms with Crippen LogP contribution in [0.15, 0.2) is 28.9 Å². The van der Waals surface area contributed by atoms with Crippen LogP contribution in [0.3, 0.4) is 0 Å². The van der Waals surface area contributed by atoms with Gasteiger partial charge in [-0.2, -0.15) is 5.26 Å². The number of halogens is 2. The molecule has 0 spiro atoms. The molecule has 4 nitrogen and oxygen atoms in total. The predicted octanol–water partition coefficient (Wildman–Crippen LogP) is 4.73. The molecule has 2 fully saturated rings. The van der Waals surface area contributed by atoms with Gasteiger partial charge in [-0.05, 0) is 85.0 Å². The first kappa shape index (κ1) is 18.6. The van der Waals surface area contributed by atoms with Crippen LogP contribution in [0.2, 0.25) is 0 Å². The van der Waals surface area contributed by atoms with Crippen LogP contribution in [0, 0.1) is 30.0 Å². The summed E-state index contributed by atoms with van der Waals surface area (Å²) in [7, 11) is 0. The van der Waals surface area contributed by atoms with Gasteiger partial charge in [0.25, 0.3) is 0 Å². The molecular weight excluding hydrogens is 409 g/mol. The Hall–Kier alpha value is -1.71. The molecule has 0 amide bonds. The maximum Gasteiger partial charge on any atom is 0.142 e. The number of benzene rings is 1. The summed E-state index contributed by atoms with van der Waals surface area (Å²) in [5.41, 5.74) is 0.153. The Balaban J connectivity index is 1.62. The molecule has 0 bridgehead atoms. The van der Waals surface area contributed by atoms with Gasteiger partial charge in [0.2, 0.25) is 0 Å². The summed E-state index contributed by atoms with van der Waals surface area (Å²) in [4.78, 5) is 4.64. The van der Waals surface area contributed by atoms with Gasteiger partial charge in [0.15, 0.2) is 0 Å². The SMILES string of the molecule is Cc1c(Br)nc([C@]2(O)CC[C@@](C#N)(c3ccc(F)cc3)CC2)n1CC1CC1. The van der Waals surface area contributed by atoms with Crippen LogP contribution >= 0.6 is 15.9 Å². The van der Waals surface area contributed by atoms with Gasteiger partial charge < -0.3 is 9.67 Å². The van der Waals surface area contributed by atoms with Crippen LogP contribution in [0.25, 0.3) is 0 Å². The molecule has 2 aliphatic carbocycles. The highest BCUT2D eigenvalue weighted by atomic mass is 79.9. The quantitative estimate of drug-likeness (QED) is 0.760. The van der Waals surface area contributed by atoms with E-state index in [9.17, 15) is 14.8 Å². The summed E-state index contributed by atoms with van der Waals surface area (Å²) >= 11 is 3.52. The van der Waals surface area contributed by atoms with Gasteiger partial charge in [0.1, 0.15) is 21.8 Å². The molecular formula is C21H23BrFN3O. The minimum absolute atomic E-state index is 0.304. The molecule has 1 aromatic heterocycles. The summed E-state index contributed by atoms with van der Waals surface area (Å²) in [5, 5.41) is 21.3. The van der Waals surface area contributed by atoms with Crippen molar-refractivity contribution in [1.29, 1.82) is 5.26 Å². The molecule has 0 radical (unpaired) electrons. The maximum absolute atomic E-state index is 13.3. The smallest absolute Gasteiger partial charge is 0.142 e. The topological polar surface area (TPSA) is 61.8 Å². The van der Waals surface area contributed by atoms with Gasteiger partial charge >= 0.3 is 0 Å². The predicted molar refractivity (Wildman–Crippen MR) is 103 cm³/mol. The summed E-state index contributed by atoms with van der Waals surface area (Å²) in [5.74, 6) is 1.08. The number of hydrogen-bond donors (Lipinski definition) is 1. The van der Waals surface area contributed by atoms with E-state index >= 15 is 0 Å². The lowest BCUT2D eigenvalue weighted by Gasteiger charge is -2.40. The standard InChI is InChI=1S/C21H23BrFN3O/c1-14-18(22)25-19(26(14)12-15-2-3-15)21(27)10-8-20(13-24,9-11-21)16-4-6-17(23)7-5-16/h4-7,15,27H,2-3,8-12H2,1H3/t20-,21+. The molecule has 1 N–H and O–H groups in total. The second kappa shape index (κ2) is 6.72. The molecule has 2 aromatic rings. The molecule has 0 saturated heterocycles. The van der Waals surface area contributed by atoms with Crippen LogP contribution in [0.5, 0.6) is 0 Å². The number of aliphatic hydroxyl groups is 1. The van der Waals surface area contributed by atoms with Gasteiger partial charge in [-0.3, -0.25) is 0 Å². The van der Waals surface area contributed by atoms with Crippen molar-refractivity contribution in [3.63, 3.8) is 0 Å². The van der Waals surface area contributed by atoms with E-state index in [2.05, 4.69) is 31.6 Å². The zero-order chi connectivity index (χ0) is 19.2. The summed E-state index contributed by atoms with van der Waals surface area (Å²) in [6.45, 7) is 2.91. The number of nitriles is 1. The Morgan fingerprint density at radius 3 is 2.44 bits per heavy atom. The Morgan fingerprint density at radius 1 is 1.26 bits per heavy atom. The van der Waals surface area contributed by atoms with Crippen molar-refractivity contribution < 1.29 is 9.50 Å². The first-order chi connectivity index (χ1) is 12.9. The largest absolute Gasteiger partial charge is 0.382 e. The lowest BCUT2D eigenvalue weighted by Crippen LogP contribution is -2.40. The third-order valence-electron chi connectivity index (χ3n) is 6.26. The summed E-state index contributed by atoms with van der Waals surface area (Å²) in [6.07, 6.45) is 4.44. The fourth-order valence-corrected chi connectivity index (χ4v) is 4.57. The van der Waals surface area contributed by atoms with Gasteiger partial charge in [-0.1, -0.05) is 12.1 Å². The third kappa shape index (κ3) is 3.32. The highest BCUT2D eigenvalue weighted by Gasteiger charge is 2.46. The van der Waals surface area contributed by atoms with Gasteiger partial charge in [0, 0.05) is 12.2 Å². The lowest BCUT2D eigenvalue weighted by atomic mass is 9.66. The first-order valence-electron chi connectivity index (χ1n) is 9.50. The number of hydrogen-bond acceptors (Lipinski definition) is 3. The molecule has 2 aliphatic rings. The van der Waals surface area contributed by atoms with E-state index < -0.39 is 11.0 Å². The van der Waals surface area contributed by atoms with Gasteiger partial charge in [-0.15, -0.1) is 0 Å². The highest BCUT2D eigenvalue weighted by Crippen LogP contribution is 2.47. The fourth-order valence-electron chi connectivity index (χ4n) is 4.19. The first-order valence-corrected chi connectivity index (χ1v) is 10.3. The maximum atomic E-state index is 13.3. The number of nitrogens with zero attached hydrogens (tertiary/aromatic N) is 3. The van der Waals surface area contributed by atoms with Crippen molar-refractivity contribution >= 4 is 15.9 Å². The van der Waals surface area contributed by atoms with E-state index in [1.165, 1.54) is 25.0 Å². The molecule has 6 heteroatoms. The minimum Gasteiger partial charge on any atom is -0.382 e. The molecule has 1 aromatic carbocycles. The second-order valence-electron chi connectivity index (χ2n) is 8.10. The summed E-state index contributed by atoms with van der Waals surface area (Å²) in [6, 6.07) is 8.63. The van der Waals surface area contributed by atoms with Crippen LogP contribution in [-0.2, 0) is 17.6 Å². The average molecular weight is 432 g/mol. The molecule has 142 valence electrons. The van der Waals surface area contributed by atoms with E-state index in [4.69, 9.17) is 0 Å². The summed E-state index contributed by atoms with van der Waals surface area (Å²) < 4.78 is 16.2. The lowest BCUT2D eigenvalue weighted by molar-refractivity contribution is -0.0247. The normalized spacial score (nSPS) is 28.1. The molecule has 0 atom stereocenters. The van der Waals surface area contributed by atoms with E-state index in [0.29, 0.717) is 37.4 Å². The third-order valence-corrected chi connectivity index (χ3v) is 7.01. The van der Waals surface area contributed by atoms with Crippen LogP contribution in [0.4, 0.5) is 4.39 Å². The number of aromatic nitrogens is 2. The Bertz CT molecular complexity index is 887. The van der Waals surface area contributed by atoms with Crippen molar-refractivity contribution in [2.45, 2.75) is 63.0 Å². The molecule has 2 saturated carbocycles. The number of rotatable bonds is 4. The second-order valence-corrected chi connectivity index (χ2v) is 8.85. The van der Waals surface area contributed by atoms with E-state index in [1.54, 1.807) is 12.1 Å². The van der Waals surface area contributed by atoms with Crippen molar-refractivity contribution in [2.75, 3.05) is 0 Å². The zero-order valence-electron chi connectivity index (χ0n) is 15.4. The van der Waals surface area contributed by atoms with E-state index in [-0.39, 0.29) is 5.82 Å². The Labute approximate surface area is 167 Å². The molecule has 4 rings (SSSR count). The van der Waals surface area contributed by atoms with Crippen LogP contribution < -0.4 is 0 Å².